The summed E-state index contributed by atoms with van der Waals surface area (Å²) in [5.41, 5.74) is 0. The summed E-state index contributed by atoms with van der Waals surface area (Å²) >= 11 is 9.12. The molecule has 15 heavy (non-hydrogen) atoms. The minimum absolute atomic E-state index is 0.761. The number of hydrogen-bond donors (Lipinski definition) is 0. The molecule has 1 aromatic rings. The van der Waals surface area contributed by atoms with Crippen LogP contribution >= 0.6 is 27.5 Å². The molecule has 0 aliphatic heterocycles. The molecule has 1 heterocycles. The molecule has 0 atom stereocenters. The zero-order valence-electron chi connectivity index (χ0n) is 8.92. The monoisotopic (exact) mass is 290 g/mol. The van der Waals surface area contributed by atoms with E-state index in [9.17, 15) is 0 Å². The van der Waals surface area contributed by atoms with Crippen molar-refractivity contribution in [2.45, 2.75) is 19.3 Å². The second-order valence-electron chi connectivity index (χ2n) is 3.48. The highest BCUT2D eigenvalue weighted by Gasteiger charge is 2.05. The van der Waals surface area contributed by atoms with Crippen molar-refractivity contribution in [2.75, 3.05) is 24.4 Å². The van der Waals surface area contributed by atoms with Gasteiger partial charge in [-0.05, 0) is 40.9 Å². The van der Waals surface area contributed by atoms with Gasteiger partial charge >= 0.3 is 0 Å². The molecule has 0 aromatic carbocycles. The molecule has 0 fully saturated rings. The minimum atomic E-state index is 0.761. The van der Waals surface area contributed by atoms with Crippen molar-refractivity contribution in [3.8, 4) is 0 Å². The number of anilines is 1. The maximum atomic E-state index is 5.63. The first-order valence-electron chi connectivity index (χ1n) is 5.13. The predicted octanol–water partition coefficient (Wildman–Crippen LogP) is 3.69. The summed E-state index contributed by atoms with van der Waals surface area (Å²) in [7, 11) is 2.06. The van der Waals surface area contributed by atoms with Crippen molar-refractivity contribution in [1.29, 1.82) is 0 Å². The van der Waals surface area contributed by atoms with Gasteiger partial charge in [0.05, 0.1) is 4.47 Å². The van der Waals surface area contributed by atoms with Crippen LogP contribution in [0.5, 0.6) is 0 Å². The molecule has 0 aliphatic rings. The zero-order valence-corrected chi connectivity index (χ0v) is 11.3. The van der Waals surface area contributed by atoms with E-state index in [1.54, 1.807) is 0 Å². The highest BCUT2D eigenvalue weighted by molar-refractivity contribution is 9.10. The third kappa shape index (κ3) is 4.39. The highest BCUT2D eigenvalue weighted by Crippen LogP contribution is 2.21. The van der Waals surface area contributed by atoms with E-state index in [2.05, 4.69) is 32.9 Å². The zero-order chi connectivity index (χ0) is 11.1. The van der Waals surface area contributed by atoms with E-state index in [-0.39, 0.29) is 0 Å². The van der Waals surface area contributed by atoms with Crippen LogP contribution in [-0.2, 0) is 0 Å². The number of pyridine rings is 1. The second kappa shape index (κ2) is 7.07. The molecule has 0 radical (unpaired) electrons. The van der Waals surface area contributed by atoms with E-state index in [1.807, 2.05) is 18.3 Å². The lowest BCUT2D eigenvalue weighted by Gasteiger charge is -2.18. The molecule has 0 saturated heterocycles. The number of nitrogens with zero attached hydrogens (tertiary/aromatic N) is 2. The highest BCUT2D eigenvalue weighted by atomic mass is 79.9. The maximum Gasteiger partial charge on any atom is 0.142 e. The predicted molar refractivity (Wildman–Crippen MR) is 69.8 cm³/mol. The number of unbranched alkanes of at least 4 members (excludes halogenated alkanes) is 2. The normalized spacial score (nSPS) is 10.3. The molecule has 84 valence electrons. The third-order valence-corrected chi connectivity index (χ3v) is 3.11. The Morgan fingerprint density at radius 1 is 1.40 bits per heavy atom. The summed E-state index contributed by atoms with van der Waals surface area (Å²) < 4.78 is 1.05. The molecule has 1 aromatic heterocycles. The van der Waals surface area contributed by atoms with Crippen molar-refractivity contribution in [3.63, 3.8) is 0 Å². The first-order valence-corrected chi connectivity index (χ1v) is 6.46. The van der Waals surface area contributed by atoms with Crippen LogP contribution in [0.1, 0.15) is 19.3 Å². The summed E-state index contributed by atoms with van der Waals surface area (Å²) in [6.45, 7) is 1.02. The first-order chi connectivity index (χ1) is 7.25. The Balaban J connectivity index is 2.40. The van der Waals surface area contributed by atoms with Crippen LogP contribution in [0.15, 0.2) is 22.8 Å². The van der Waals surface area contributed by atoms with Gasteiger partial charge < -0.3 is 4.90 Å². The van der Waals surface area contributed by atoms with Gasteiger partial charge in [-0.2, -0.15) is 0 Å². The number of rotatable bonds is 6. The lowest BCUT2D eigenvalue weighted by Crippen LogP contribution is -2.20. The smallest absolute Gasteiger partial charge is 0.142 e. The van der Waals surface area contributed by atoms with Crippen molar-refractivity contribution in [2.24, 2.45) is 0 Å². The van der Waals surface area contributed by atoms with Crippen molar-refractivity contribution < 1.29 is 0 Å². The van der Waals surface area contributed by atoms with Gasteiger partial charge in [0.2, 0.25) is 0 Å². The Labute approximate surface area is 105 Å². The summed E-state index contributed by atoms with van der Waals surface area (Å²) in [6.07, 6.45) is 5.25. The Morgan fingerprint density at radius 3 is 2.87 bits per heavy atom. The molecule has 0 aliphatic carbocycles. The van der Waals surface area contributed by atoms with Gasteiger partial charge in [-0.3, -0.25) is 0 Å². The number of hydrogen-bond acceptors (Lipinski definition) is 2. The standard InChI is InChI=1S/C11H16BrClN2/c1-15(9-4-2-3-7-13)11-10(12)6-5-8-14-11/h5-6,8H,2-4,7,9H2,1H3. The molecule has 1 rings (SSSR count). The first kappa shape index (κ1) is 12.8. The summed E-state index contributed by atoms with van der Waals surface area (Å²) in [6, 6.07) is 3.94. The molecular formula is C11H16BrClN2. The molecule has 0 bridgehead atoms. The van der Waals surface area contributed by atoms with Crippen LogP contribution < -0.4 is 4.90 Å². The third-order valence-electron chi connectivity index (χ3n) is 2.23. The van der Waals surface area contributed by atoms with Crippen LogP contribution in [0.3, 0.4) is 0 Å². The Morgan fingerprint density at radius 2 is 2.20 bits per heavy atom. The van der Waals surface area contributed by atoms with Gasteiger partial charge in [0, 0.05) is 25.7 Å². The van der Waals surface area contributed by atoms with Gasteiger partial charge in [-0.15, -0.1) is 11.6 Å². The summed E-state index contributed by atoms with van der Waals surface area (Å²) in [5.74, 6) is 1.76. The largest absolute Gasteiger partial charge is 0.359 e. The number of alkyl halides is 1. The van der Waals surface area contributed by atoms with Crippen LogP contribution in [-0.4, -0.2) is 24.5 Å². The minimum Gasteiger partial charge on any atom is -0.359 e. The average Bonchev–Trinajstić information content (AvgIpc) is 2.25. The van der Waals surface area contributed by atoms with Crippen molar-refractivity contribution >= 4 is 33.3 Å². The Kier molecular flexibility index (Phi) is 6.03. The van der Waals surface area contributed by atoms with E-state index in [0.29, 0.717) is 0 Å². The summed E-state index contributed by atoms with van der Waals surface area (Å²) in [4.78, 5) is 6.50. The van der Waals surface area contributed by atoms with Gasteiger partial charge in [0.25, 0.3) is 0 Å². The number of halogens is 2. The van der Waals surface area contributed by atoms with Gasteiger partial charge in [-0.1, -0.05) is 6.42 Å². The van der Waals surface area contributed by atoms with Gasteiger partial charge in [-0.25, -0.2) is 4.98 Å². The molecular weight excluding hydrogens is 275 g/mol. The average molecular weight is 292 g/mol. The van der Waals surface area contributed by atoms with E-state index >= 15 is 0 Å². The molecule has 0 saturated carbocycles. The van der Waals surface area contributed by atoms with E-state index in [4.69, 9.17) is 11.6 Å². The SMILES string of the molecule is CN(CCCCCCl)c1ncccc1Br. The van der Waals surface area contributed by atoms with E-state index in [0.717, 1.165) is 35.6 Å². The lowest BCUT2D eigenvalue weighted by molar-refractivity contribution is 0.703. The van der Waals surface area contributed by atoms with Crippen LogP contribution in [0.25, 0.3) is 0 Å². The fourth-order valence-corrected chi connectivity index (χ4v) is 2.13. The summed E-state index contributed by atoms with van der Waals surface area (Å²) in [5, 5.41) is 0. The van der Waals surface area contributed by atoms with E-state index in [1.165, 1.54) is 6.42 Å². The molecule has 0 unspecified atom stereocenters. The lowest BCUT2D eigenvalue weighted by atomic mass is 10.2. The second-order valence-corrected chi connectivity index (χ2v) is 4.71. The Hall–Kier alpha value is -0.280. The number of aromatic nitrogens is 1. The molecule has 4 heteroatoms. The van der Waals surface area contributed by atoms with Gasteiger partial charge in [0.1, 0.15) is 5.82 Å². The maximum absolute atomic E-state index is 5.63. The fraction of sp³-hybridized carbons (Fsp3) is 0.545. The molecule has 0 spiro atoms. The molecule has 0 N–H and O–H groups in total. The molecule has 2 nitrogen and oxygen atoms in total. The van der Waals surface area contributed by atoms with Crippen molar-refractivity contribution in [3.05, 3.63) is 22.8 Å². The van der Waals surface area contributed by atoms with Crippen LogP contribution in [0.4, 0.5) is 5.82 Å². The van der Waals surface area contributed by atoms with Crippen LogP contribution in [0, 0.1) is 0 Å². The molecule has 0 amide bonds. The van der Waals surface area contributed by atoms with Crippen molar-refractivity contribution in [1.82, 2.24) is 4.98 Å². The fourth-order valence-electron chi connectivity index (χ4n) is 1.38. The van der Waals surface area contributed by atoms with Crippen LogP contribution in [0.2, 0.25) is 0 Å². The Bertz CT molecular complexity index is 294. The topological polar surface area (TPSA) is 16.1 Å². The van der Waals surface area contributed by atoms with Gasteiger partial charge in [0.15, 0.2) is 0 Å². The van der Waals surface area contributed by atoms with E-state index < -0.39 is 0 Å². The quantitative estimate of drug-likeness (QED) is 0.587.